The summed E-state index contributed by atoms with van der Waals surface area (Å²) in [6.07, 6.45) is -14.6. The van der Waals surface area contributed by atoms with Gasteiger partial charge in [0.05, 0.1) is 24.9 Å². The Labute approximate surface area is 265 Å². The van der Waals surface area contributed by atoms with Crippen LogP contribution in [0.1, 0.15) is 41.5 Å². The molecule has 4 aliphatic rings. The number of aliphatic hydroxyl groups excluding tert-OH is 10. The van der Waals surface area contributed by atoms with Gasteiger partial charge in [-0.15, -0.1) is 0 Å². The van der Waals surface area contributed by atoms with Gasteiger partial charge in [0.2, 0.25) is 0 Å². The maximum absolute atomic E-state index is 10.7. The van der Waals surface area contributed by atoms with Crippen LogP contribution in [0, 0.1) is 23.7 Å². The van der Waals surface area contributed by atoms with E-state index in [-0.39, 0.29) is 25.9 Å². The van der Waals surface area contributed by atoms with E-state index >= 15 is 0 Å². The Kier molecular flexibility index (Phi) is 9.28. The first-order valence-electron chi connectivity index (χ1n) is 15.3. The van der Waals surface area contributed by atoms with Gasteiger partial charge in [-0.3, -0.25) is 0 Å². The molecule has 12 nitrogen and oxygen atoms in total. The Morgan fingerprint density at radius 3 is 1.52 bits per heavy atom. The first kappa shape index (κ1) is 33.0. The molecule has 1 saturated carbocycles. The normalized spacial score (nSPS) is 39.6. The lowest BCUT2D eigenvalue weighted by Crippen LogP contribution is -2.58. The molecule has 12 heteroatoms. The number of rotatable bonds is 3. The van der Waals surface area contributed by atoms with E-state index in [1.807, 2.05) is 24.3 Å². The lowest BCUT2D eigenvalue weighted by Gasteiger charge is -2.38. The van der Waals surface area contributed by atoms with Gasteiger partial charge in [0.15, 0.2) is 0 Å². The summed E-state index contributed by atoms with van der Waals surface area (Å²) in [7, 11) is 0. The van der Waals surface area contributed by atoms with Gasteiger partial charge in [-0.25, -0.2) is 0 Å². The number of hydrogen-bond acceptors (Lipinski definition) is 12. The second kappa shape index (κ2) is 12.9. The molecule has 2 saturated heterocycles. The minimum atomic E-state index is -1.55. The third kappa shape index (κ3) is 5.65. The molecule has 2 aliphatic heterocycles. The maximum atomic E-state index is 10.7. The SMILES string of the molecule is OCC[C@H]1O[C@H](C#Cc2ccc3c(c2)C2(C[C@@H](O)[C@@H](O)C2)c2cc(C#C[C@H]4O[C@H](CO)[C@@H](O)[C@H](O)[C@@H]4O)ccc2-3)[C@@H](O)[C@@H](O)[C@@H]1O. The van der Waals surface area contributed by atoms with Crippen molar-refractivity contribution < 1.29 is 60.5 Å². The van der Waals surface area contributed by atoms with E-state index in [1.54, 1.807) is 12.1 Å². The molecule has 46 heavy (non-hydrogen) atoms. The van der Waals surface area contributed by atoms with Crippen molar-refractivity contribution in [2.75, 3.05) is 13.2 Å². The average Bonchev–Trinajstić information content (AvgIpc) is 3.50. The van der Waals surface area contributed by atoms with Crippen LogP contribution >= 0.6 is 0 Å². The summed E-state index contributed by atoms with van der Waals surface area (Å²) in [6.45, 7) is -0.847. The molecule has 246 valence electrons. The molecule has 10 N–H and O–H groups in total. The van der Waals surface area contributed by atoms with Crippen molar-refractivity contribution in [2.24, 2.45) is 0 Å². The molecule has 1 unspecified atom stereocenters. The van der Waals surface area contributed by atoms with E-state index in [1.165, 1.54) is 0 Å². The van der Waals surface area contributed by atoms with Crippen molar-refractivity contribution in [3.63, 3.8) is 0 Å². The Bertz CT molecular complexity index is 1560. The van der Waals surface area contributed by atoms with Crippen LogP contribution in [0.2, 0.25) is 0 Å². The third-order valence-corrected chi connectivity index (χ3v) is 9.66. The topological polar surface area (TPSA) is 221 Å². The molecule has 2 heterocycles. The van der Waals surface area contributed by atoms with Crippen molar-refractivity contribution in [2.45, 2.75) is 97.9 Å². The van der Waals surface area contributed by atoms with Gasteiger partial charge in [-0.1, -0.05) is 35.8 Å². The van der Waals surface area contributed by atoms with Crippen molar-refractivity contribution in [3.05, 3.63) is 58.7 Å². The largest absolute Gasteiger partial charge is 0.396 e. The third-order valence-electron chi connectivity index (χ3n) is 9.66. The molecule has 6 rings (SSSR count). The highest BCUT2D eigenvalue weighted by Gasteiger charge is 2.52. The number of hydrogen-bond donors (Lipinski definition) is 10. The summed E-state index contributed by atoms with van der Waals surface area (Å²) in [5.41, 5.74) is 3.74. The standard InChI is InChI=1S/C34H38O12/c35-10-9-26-30(41)32(43)28(39)24(45-26)7-3-16-1-5-18-19-6-2-17(4-8-25-29(40)33(44)31(42)27(15-36)46-25)12-21(19)34(20(18)11-16)13-22(37)23(38)14-34/h1-2,5-6,11-12,22-33,35-44H,9-10,13-15H2/t22-,23+,24-,25-,26-,27-,28-,29-,30-,31-,32-,33-,34?/m1/s1. The number of benzene rings is 2. The highest BCUT2D eigenvalue weighted by Crippen LogP contribution is 2.57. The molecular weight excluding hydrogens is 600 g/mol. The van der Waals surface area contributed by atoms with E-state index in [2.05, 4.69) is 23.7 Å². The van der Waals surface area contributed by atoms with Gasteiger partial charge in [0.1, 0.15) is 54.9 Å². The van der Waals surface area contributed by atoms with E-state index < -0.39 is 85.3 Å². The summed E-state index contributed by atoms with van der Waals surface area (Å²) in [6, 6.07) is 11.0. The molecular formula is C34H38O12. The molecule has 3 fully saturated rings. The lowest BCUT2D eigenvalue weighted by molar-refractivity contribution is -0.214. The Morgan fingerprint density at radius 1 is 0.609 bits per heavy atom. The first-order valence-corrected chi connectivity index (χ1v) is 15.3. The van der Waals surface area contributed by atoms with Crippen molar-refractivity contribution in [1.82, 2.24) is 0 Å². The molecule has 2 aromatic rings. The first-order chi connectivity index (χ1) is 22.0. The molecule has 13 atom stereocenters. The van der Waals surface area contributed by atoms with E-state index in [4.69, 9.17) is 9.47 Å². The highest BCUT2D eigenvalue weighted by molar-refractivity contribution is 5.83. The summed E-state index contributed by atoms with van der Waals surface area (Å²) < 4.78 is 11.2. The van der Waals surface area contributed by atoms with Gasteiger partial charge < -0.3 is 60.5 Å². The molecule has 1 spiro atoms. The molecule has 0 aromatic heterocycles. The summed E-state index contributed by atoms with van der Waals surface area (Å²) in [4.78, 5) is 0. The zero-order valence-corrected chi connectivity index (χ0v) is 24.7. The van der Waals surface area contributed by atoms with Crippen LogP contribution in [-0.4, -0.2) is 138 Å². The second-order valence-electron chi connectivity index (χ2n) is 12.5. The second-order valence-corrected chi connectivity index (χ2v) is 12.5. The molecule has 2 aliphatic carbocycles. The van der Waals surface area contributed by atoms with E-state index in [9.17, 15) is 51.1 Å². The van der Waals surface area contributed by atoms with E-state index in [0.29, 0.717) is 11.1 Å². The predicted molar refractivity (Wildman–Crippen MR) is 160 cm³/mol. The molecule has 0 bridgehead atoms. The van der Waals surface area contributed by atoms with Crippen molar-refractivity contribution in [1.29, 1.82) is 0 Å². The number of aliphatic hydroxyl groups is 10. The van der Waals surface area contributed by atoms with Crippen LogP contribution in [0.15, 0.2) is 36.4 Å². The Balaban J connectivity index is 1.32. The summed E-state index contributed by atoms with van der Waals surface area (Å²) in [5, 5.41) is 102. The zero-order valence-electron chi connectivity index (χ0n) is 24.7. The zero-order chi connectivity index (χ0) is 32.9. The molecule has 2 aromatic carbocycles. The number of fused-ring (bicyclic) bond motifs is 5. The van der Waals surface area contributed by atoms with Gasteiger partial charge in [0.25, 0.3) is 0 Å². The minimum Gasteiger partial charge on any atom is -0.396 e. The van der Waals surface area contributed by atoms with Gasteiger partial charge in [-0.2, -0.15) is 0 Å². The maximum Gasteiger partial charge on any atom is 0.147 e. The monoisotopic (exact) mass is 638 g/mol. The van der Waals surface area contributed by atoms with Crippen molar-refractivity contribution in [3.8, 4) is 34.8 Å². The van der Waals surface area contributed by atoms with Crippen LogP contribution in [0.3, 0.4) is 0 Å². The van der Waals surface area contributed by atoms with Crippen LogP contribution in [0.4, 0.5) is 0 Å². The molecule has 0 radical (unpaired) electrons. The lowest BCUT2D eigenvalue weighted by atomic mass is 9.76. The Morgan fingerprint density at radius 2 is 1.07 bits per heavy atom. The number of ether oxygens (including phenoxy) is 2. The minimum absolute atomic E-state index is 0.0578. The Hall–Kier alpha value is -2.92. The van der Waals surface area contributed by atoms with Crippen molar-refractivity contribution >= 4 is 0 Å². The van der Waals surface area contributed by atoms with Gasteiger partial charge in [0, 0.05) is 23.1 Å². The fourth-order valence-electron chi connectivity index (χ4n) is 7.13. The smallest absolute Gasteiger partial charge is 0.147 e. The predicted octanol–water partition coefficient (Wildman–Crippen LogP) is -2.75. The average molecular weight is 639 g/mol. The summed E-state index contributed by atoms with van der Waals surface area (Å²) >= 11 is 0. The van der Waals surface area contributed by atoms with Gasteiger partial charge in [-0.05, 0) is 65.8 Å². The fourth-order valence-corrected chi connectivity index (χ4v) is 7.13. The molecule has 0 amide bonds. The van der Waals surface area contributed by atoms with Crippen LogP contribution in [0.5, 0.6) is 0 Å². The van der Waals surface area contributed by atoms with E-state index in [0.717, 1.165) is 22.3 Å². The summed E-state index contributed by atoms with van der Waals surface area (Å²) in [5.74, 6) is 11.6. The van der Waals surface area contributed by atoms with Gasteiger partial charge >= 0.3 is 0 Å². The highest BCUT2D eigenvalue weighted by atomic mass is 16.5. The quantitative estimate of drug-likeness (QED) is 0.155. The fraction of sp³-hybridized carbons (Fsp3) is 0.529. The van der Waals surface area contributed by atoms with Crippen LogP contribution in [-0.2, 0) is 14.9 Å². The van der Waals surface area contributed by atoms with Crippen LogP contribution < -0.4 is 0 Å². The van der Waals surface area contributed by atoms with Crippen LogP contribution in [0.25, 0.3) is 11.1 Å².